The summed E-state index contributed by atoms with van der Waals surface area (Å²) >= 11 is 0. The van der Waals surface area contributed by atoms with Crippen molar-refractivity contribution in [3.05, 3.63) is 54.1 Å². The van der Waals surface area contributed by atoms with Gasteiger partial charge in [0.25, 0.3) is 0 Å². The zero-order chi connectivity index (χ0) is 20.8. The standard InChI is InChI=1S/C19H18F3N5O2/c1-11-8-26-10-27(19(20,21)22)9-15(18(26)24-11)25-13-4-5-14(16(6-13)28-3)17-7-23-12(2)29-17/h4-9,25H,10H2,1-3H3/q+1. The smallest absolute Gasteiger partial charge is 0.489 e. The van der Waals surface area contributed by atoms with E-state index in [-0.39, 0.29) is 12.4 Å². The number of rotatable bonds is 4. The normalized spacial score (nSPS) is 16.9. The first kappa shape index (κ1) is 19.1. The van der Waals surface area contributed by atoms with Crippen molar-refractivity contribution in [2.24, 2.45) is 4.99 Å². The van der Waals surface area contributed by atoms with E-state index < -0.39 is 6.30 Å². The van der Waals surface area contributed by atoms with Gasteiger partial charge < -0.3 is 14.5 Å². The fourth-order valence-electron chi connectivity index (χ4n) is 3.14. The molecule has 1 aromatic carbocycles. The first-order valence-corrected chi connectivity index (χ1v) is 8.72. The highest BCUT2D eigenvalue weighted by atomic mass is 19.4. The maximum Gasteiger partial charge on any atom is 0.489 e. The van der Waals surface area contributed by atoms with Crippen molar-refractivity contribution in [1.82, 2.24) is 14.8 Å². The number of nitrogens with zero attached hydrogens (tertiary/aromatic N) is 4. The van der Waals surface area contributed by atoms with Crippen molar-refractivity contribution in [2.45, 2.75) is 20.1 Å². The van der Waals surface area contributed by atoms with E-state index in [1.165, 1.54) is 12.0 Å². The predicted octanol–water partition coefficient (Wildman–Crippen LogP) is 4.12. The van der Waals surface area contributed by atoms with Gasteiger partial charge in [0.2, 0.25) is 6.67 Å². The molecular formula is C19H18F3N5O2+. The van der Waals surface area contributed by atoms with Crippen LogP contribution in [0, 0.1) is 6.92 Å². The van der Waals surface area contributed by atoms with Gasteiger partial charge in [-0.2, -0.15) is 4.99 Å². The van der Waals surface area contributed by atoms with E-state index in [4.69, 9.17) is 9.15 Å². The molecule has 2 aromatic rings. The van der Waals surface area contributed by atoms with Gasteiger partial charge in [-0.25, -0.2) is 9.88 Å². The summed E-state index contributed by atoms with van der Waals surface area (Å²) < 4.78 is 50.9. The second-order valence-electron chi connectivity index (χ2n) is 6.58. The third kappa shape index (κ3) is 3.70. The summed E-state index contributed by atoms with van der Waals surface area (Å²) in [6.07, 6.45) is -0.320. The number of allylic oxidation sites excluding steroid dienone is 1. The molecule has 29 heavy (non-hydrogen) atoms. The maximum atomic E-state index is 13.3. The van der Waals surface area contributed by atoms with Crippen LogP contribution in [-0.4, -0.2) is 35.8 Å². The summed E-state index contributed by atoms with van der Waals surface area (Å²) in [5, 5.41) is 3.02. The minimum Gasteiger partial charge on any atom is -0.496 e. The van der Waals surface area contributed by atoms with Crippen LogP contribution >= 0.6 is 0 Å². The van der Waals surface area contributed by atoms with Crippen LogP contribution < -0.4 is 15.0 Å². The predicted molar refractivity (Wildman–Crippen MR) is 101 cm³/mol. The third-order valence-electron chi connectivity index (χ3n) is 4.42. The van der Waals surface area contributed by atoms with Crippen molar-refractivity contribution < 1.29 is 22.3 Å². The van der Waals surface area contributed by atoms with Crippen LogP contribution in [0.2, 0.25) is 0 Å². The first-order chi connectivity index (χ1) is 13.7. The molecule has 0 bridgehead atoms. The van der Waals surface area contributed by atoms with E-state index in [0.29, 0.717) is 45.1 Å². The lowest BCUT2D eigenvalue weighted by atomic mass is 10.1. The lowest BCUT2D eigenvalue weighted by Gasteiger charge is -2.27. The molecule has 0 aliphatic carbocycles. The number of hydrogen-bond acceptors (Lipinski definition) is 7. The minimum absolute atomic E-state index is 0.229. The fourth-order valence-corrected chi connectivity index (χ4v) is 3.14. The lowest BCUT2D eigenvalue weighted by Crippen LogP contribution is -2.50. The number of halogens is 3. The Balaban J connectivity index is 1.67. The maximum absolute atomic E-state index is 13.3. The van der Waals surface area contributed by atoms with E-state index in [9.17, 15) is 13.2 Å². The molecule has 1 aromatic heterocycles. The number of methoxy groups -OCH3 is 1. The number of nitrogens with one attached hydrogen (secondary N) is 1. The first-order valence-electron chi connectivity index (χ1n) is 8.72. The van der Waals surface area contributed by atoms with Gasteiger partial charge in [0.05, 0.1) is 18.9 Å². The van der Waals surface area contributed by atoms with E-state index in [1.54, 1.807) is 44.4 Å². The van der Waals surface area contributed by atoms with Gasteiger partial charge in [-0.1, -0.05) is 4.90 Å². The number of aliphatic imine (C=N–C) groups is 1. The van der Waals surface area contributed by atoms with Gasteiger partial charge in [0, 0.05) is 24.9 Å². The number of alkyl halides is 3. The van der Waals surface area contributed by atoms with Crippen molar-refractivity contribution in [3.63, 3.8) is 0 Å². The number of fused-ring (bicyclic) bond motifs is 1. The Bertz CT molecular complexity index is 1040. The molecule has 10 heteroatoms. The molecule has 1 radical (unpaired) electrons. The third-order valence-corrected chi connectivity index (χ3v) is 4.42. The van der Waals surface area contributed by atoms with Gasteiger partial charge in [-0.3, -0.25) is 0 Å². The SMILES string of the molecule is COc1cc(NC2=CN(C(F)(F)F)C[N+]3C=C(C)N=C23)ccc1-c1cnc(C)o1. The molecule has 0 saturated carbocycles. The van der Waals surface area contributed by atoms with Crippen molar-refractivity contribution in [3.8, 4) is 17.1 Å². The average molecular weight is 405 g/mol. The number of amidine groups is 1. The van der Waals surface area contributed by atoms with E-state index >= 15 is 0 Å². The van der Waals surface area contributed by atoms with E-state index in [0.717, 1.165) is 6.20 Å². The molecule has 2 aliphatic heterocycles. The van der Waals surface area contributed by atoms with Crippen LogP contribution in [0.1, 0.15) is 12.8 Å². The van der Waals surface area contributed by atoms with Crippen LogP contribution in [0.4, 0.5) is 18.9 Å². The van der Waals surface area contributed by atoms with Crippen LogP contribution in [0.15, 0.2) is 57.6 Å². The minimum atomic E-state index is -4.51. The number of ether oxygens (including phenoxy) is 1. The van der Waals surface area contributed by atoms with Crippen molar-refractivity contribution in [1.29, 1.82) is 0 Å². The fraction of sp³-hybridized carbons (Fsp3) is 0.263. The van der Waals surface area contributed by atoms with Crippen LogP contribution in [-0.2, 0) is 0 Å². The zero-order valence-electron chi connectivity index (χ0n) is 15.9. The van der Waals surface area contributed by atoms with Gasteiger partial charge in [-0.05, 0) is 19.1 Å². The number of hydrogen-bond donors (Lipinski definition) is 1. The Morgan fingerprint density at radius 1 is 1.28 bits per heavy atom. The Morgan fingerprint density at radius 3 is 2.72 bits per heavy atom. The van der Waals surface area contributed by atoms with Crippen molar-refractivity contribution in [2.75, 3.05) is 19.1 Å². The lowest BCUT2D eigenvalue weighted by molar-refractivity contribution is -0.230. The monoisotopic (exact) mass is 405 g/mol. The van der Waals surface area contributed by atoms with Gasteiger partial charge in [0.1, 0.15) is 17.1 Å². The topological polar surface area (TPSA) is 68.8 Å². The summed E-state index contributed by atoms with van der Waals surface area (Å²) in [6, 6.07) is 5.16. The molecule has 0 fully saturated rings. The second kappa shape index (κ2) is 6.96. The summed E-state index contributed by atoms with van der Waals surface area (Å²) in [5.41, 5.74) is 2.09. The molecule has 4 rings (SSSR count). The molecule has 3 heterocycles. The highest BCUT2D eigenvalue weighted by Crippen LogP contribution is 2.34. The zero-order valence-corrected chi connectivity index (χ0v) is 15.9. The summed E-state index contributed by atoms with van der Waals surface area (Å²) in [6.45, 7) is 3.12. The van der Waals surface area contributed by atoms with Crippen LogP contribution in [0.25, 0.3) is 11.3 Å². The Labute approximate surface area is 164 Å². The molecule has 0 atom stereocenters. The summed E-state index contributed by atoms with van der Waals surface area (Å²) in [4.78, 5) is 10.2. The molecule has 0 spiro atoms. The Kier molecular flexibility index (Phi) is 4.58. The average Bonchev–Trinajstić information content (AvgIpc) is 3.25. The Hall–Kier alpha value is -3.27. The van der Waals surface area contributed by atoms with Crippen LogP contribution in [0.5, 0.6) is 5.75 Å². The molecule has 1 N–H and O–H groups in total. The molecule has 0 saturated heterocycles. The van der Waals surface area contributed by atoms with Gasteiger partial charge >= 0.3 is 12.1 Å². The molecule has 0 amide bonds. The number of anilines is 1. The summed E-state index contributed by atoms with van der Waals surface area (Å²) in [5.74, 6) is 1.98. The summed E-state index contributed by atoms with van der Waals surface area (Å²) in [7, 11) is 1.51. The quantitative estimate of drug-likeness (QED) is 0.612. The second-order valence-corrected chi connectivity index (χ2v) is 6.58. The van der Waals surface area contributed by atoms with Gasteiger partial charge in [0.15, 0.2) is 17.9 Å². The molecule has 151 valence electrons. The van der Waals surface area contributed by atoms with Crippen molar-refractivity contribution >= 4 is 11.5 Å². The Morgan fingerprint density at radius 2 is 2.07 bits per heavy atom. The molecule has 7 nitrogen and oxygen atoms in total. The highest BCUT2D eigenvalue weighted by molar-refractivity contribution is 6.05. The number of oxazole rings is 1. The van der Waals surface area contributed by atoms with E-state index in [1.807, 2.05) is 0 Å². The number of aromatic nitrogens is 1. The molecule has 0 unspecified atom stereocenters. The molecular weight excluding hydrogens is 387 g/mol. The molecule has 2 aliphatic rings. The number of aryl methyl sites for hydroxylation is 1. The number of benzene rings is 1. The van der Waals surface area contributed by atoms with Gasteiger partial charge in [-0.15, -0.1) is 13.2 Å². The van der Waals surface area contributed by atoms with Crippen LogP contribution in [0.3, 0.4) is 0 Å². The largest absolute Gasteiger partial charge is 0.496 e. The highest BCUT2D eigenvalue weighted by Gasteiger charge is 2.46. The van der Waals surface area contributed by atoms with E-state index in [2.05, 4.69) is 15.3 Å².